The van der Waals surface area contributed by atoms with Gasteiger partial charge in [0.1, 0.15) is 0 Å². The summed E-state index contributed by atoms with van der Waals surface area (Å²) in [6.45, 7) is 8.50. The predicted molar refractivity (Wildman–Crippen MR) is 81.5 cm³/mol. The monoisotopic (exact) mass is 292 g/mol. The minimum absolute atomic E-state index is 0.246. The van der Waals surface area contributed by atoms with Gasteiger partial charge in [0.05, 0.1) is 24.4 Å². The highest BCUT2D eigenvalue weighted by molar-refractivity contribution is 6.04. The maximum absolute atomic E-state index is 12.1. The molecule has 0 fully saturated rings. The lowest BCUT2D eigenvalue weighted by molar-refractivity contribution is -0.142. The second kappa shape index (κ2) is 8.45. The van der Waals surface area contributed by atoms with E-state index in [0.717, 1.165) is 0 Å². The number of hydrogen-bond acceptors (Lipinski definition) is 4. The number of rotatable bonds is 6. The molecule has 4 nitrogen and oxygen atoms in total. The summed E-state index contributed by atoms with van der Waals surface area (Å²) >= 11 is 0. The molecule has 0 aromatic carbocycles. The van der Waals surface area contributed by atoms with Crippen LogP contribution in [0.2, 0.25) is 0 Å². The third-order valence-corrected chi connectivity index (χ3v) is 2.67. The number of esters is 2. The molecule has 0 aromatic heterocycles. The van der Waals surface area contributed by atoms with E-state index < -0.39 is 11.9 Å². The van der Waals surface area contributed by atoms with Gasteiger partial charge >= 0.3 is 11.9 Å². The number of carbonyl (C=O) groups is 2. The molecule has 0 bridgehead atoms. The van der Waals surface area contributed by atoms with Crippen molar-refractivity contribution in [2.45, 2.75) is 34.1 Å². The molecule has 1 aliphatic rings. The summed E-state index contributed by atoms with van der Waals surface area (Å²) in [6.07, 6.45) is 7.58. The van der Waals surface area contributed by atoms with Crippen molar-refractivity contribution in [3.63, 3.8) is 0 Å². The van der Waals surface area contributed by atoms with Crippen LogP contribution in [0, 0.1) is 11.8 Å². The van der Waals surface area contributed by atoms with Crippen molar-refractivity contribution in [3.05, 3.63) is 35.5 Å². The first kappa shape index (κ1) is 17.2. The van der Waals surface area contributed by atoms with Crippen LogP contribution in [-0.4, -0.2) is 25.2 Å². The molecule has 0 atom stereocenters. The average molecular weight is 292 g/mol. The first-order valence-corrected chi connectivity index (χ1v) is 7.33. The second-order valence-corrected chi connectivity index (χ2v) is 5.85. The molecule has 0 saturated heterocycles. The Morgan fingerprint density at radius 3 is 1.62 bits per heavy atom. The van der Waals surface area contributed by atoms with Gasteiger partial charge in [-0.15, -0.1) is 0 Å². The number of ether oxygens (including phenoxy) is 2. The summed E-state index contributed by atoms with van der Waals surface area (Å²) in [5.41, 5.74) is 0.524. The number of carbonyl (C=O) groups excluding carboxylic acids is 2. The molecule has 0 unspecified atom stereocenters. The molecule has 0 heterocycles. The molecule has 116 valence electrons. The molecule has 0 aliphatic heterocycles. The van der Waals surface area contributed by atoms with E-state index >= 15 is 0 Å². The van der Waals surface area contributed by atoms with E-state index in [0.29, 0.717) is 19.6 Å². The normalized spacial score (nSPS) is 14.6. The smallest absolute Gasteiger partial charge is 0.339 e. The number of allylic oxidation sites excluding steroid dienone is 2. The third kappa shape index (κ3) is 5.98. The maximum Gasteiger partial charge on any atom is 0.339 e. The van der Waals surface area contributed by atoms with Crippen molar-refractivity contribution >= 4 is 11.9 Å². The Labute approximate surface area is 126 Å². The van der Waals surface area contributed by atoms with Crippen molar-refractivity contribution in [1.82, 2.24) is 0 Å². The summed E-state index contributed by atoms with van der Waals surface area (Å²) in [5, 5.41) is 0. The Morgan fingerprint density at radius 1 is 0.905 bits per heavy atom. The van der Waals surface area contributed by atoms with E-state index in [1.807, 2.05) is 39.8 Å². The van der Waals surface area contributed by atoms with Gasteiger partial charge in [0.2, 0.25) is 0 Å². The lowest BCUT2D eigenvalue weighted by atomic mass is 10.1. The van der Waals surface area contributed by atoms with Gasteiger partial charge in [-0.05, 0) is 18.3 Å². The van der Waals surface area contributed by atoms with Crippen LogP contribution in [0.15, 0.2) is 35.5 Å². The summed E-state index contributed by atoms with van der Waals surface area (Å²) in [7, 11) is 0. The molecule has 0 N–H and O–H groups in total. The van der Waals surface area contributed by atoms with Crippen LogP contribution in [0.4, 0.5) is 0 Å². The Kier molecular flexibility index (Phi) is 6.92. The van der Waals surface area contributed by atoms with Crippen molar-refractivity contribution in [2.75, 3.05) is 13.2 Å². The van der Waals surface area contributed by atoms with Gasteiger partial charge in [-0.1, -0.05) is 52.0 Å². The summed E-state index contributed by atoms with van der Waals surface area (Å²) in [5.74, 6) is -0.474. The van der Waals surface area contributed by atoms with E-state index in [4.69, 9.17) is 9.47 Å². The second-order valence-electron chi connectivity index (χ2n) is 5.85. The third-order valence-electron chi connectivity index (χ3n) is 2.67. The average Bonchev–Trinajstić information content (AvgIpc) is 2.67. The maximum atomic E-state index is 12.1. The first-order chi connectivity index (χ1) is 9.91. The fourth-order valence-corrected chi connectivity index (χ4v) is 1.63. The van der Waals surface area contributed by atoms with Gasteiger partial charge in [0, 0.05) is 0 Å². The molecule has 0 saturated carbocycles. The Bertz CT molecular complexity index is 425. The fourth-order valence-electron chi connectivity index (χ4n) is 1.63. The zero-order chi connectivity index (χ0) is 15.8. The molecule has 21 heavy (non-hydrogen) atoms. The summed E-state index contributed by atoms with van der Waals surface area (Å²) in [6, 6.07) is 0. The van der Waals surface area contributed by atoms with Crippen LogP contribution in [0.25, 0.3) is 0 Å². The van der Waals surface area contributed by atoms with Crippen LogP contribution < -0.4 is 0 Å². The standard InChI is InChI=1S/C17H24O4/c1-12(2)10-20-16(18)14-8-6-5-7-9-15(14)17(19)21-11-13(3)4/h6-9,12-13H,5,10-11H2,1-4H3. The highest BCUT2D eigenvalue weighted by atomic mass is 16.5. The van der Waals surface area contributed by atoms with Crippen molar-refractivity contribution in [1.29, 1.82) is 0 Å². The van der Waals surface area contributed by atoms with E-state index in [2.05, 4.69) is 0 Å². The predicted octanol–water partition coefficient (Wildman–Crippen LogP) is 3.20. The summed E-state index contributed by atoms with van der Waals surface area (Å²) < 4.78 is 10.4. The zero-order valence-corrected chi connectivity index (χ0v) is 13.2. The van der Waals surface area contributed by atoms with Crippen molar-refractivity contribution < 1.29 is 19.1 Å². The fraction of sp³-hybridized carbons (Fsp3) is 0.529. The molecule has 0 aromatic rings. The van der Waals surface area contributed by atoms with E-state index in [1.54, 1.807) is 12.2 Å². The Morgan fingerprint density at radius 2 is 1.29 bits per heavy atom. The molecule has 1 aliphatic carbocycles. The van der Waals surface area contributed by atoms with E-state index in [9.17, 15) is 9.59 Å². The van der Waals surface area contributed by atoms with E-state index in [1.165, 1.54) is 0 Å². The van der Waals surface area contributed by atoms with Crippen molar-refractivity contribution in [2.24, 2.45) is 11.8 Å². The van der Waals surface area contributed by atoms with Gasteiger partial charge in [-0.2, -0.15) is 0 Å². The zero-order valence-electron chi connectivity index (χ0n) is 13.2. The van der Waals surface area contributed by atoms with Crippen LogP contribution >= 0.6 is 0 Å². The first-order valence-electron chi connectivity index (χ1n) is 7.33. The molecular formula is C17H24O4. The number of hydrogen-bond donors (Lipinski definition) is 0. The molecule has 4 heteroatoms. The highest BCUT2D eigenvalue weighted by Gasteiger charge is 2.21. The molecule has 0 amide bonds. The molecular weight excluding hydrogens is 268 g/mol. The summed E-state index contributed by atoms with van der Waals surface area (Å²) in [4.78, 5) is 24.3. The van der Waals surface area contributed by atoms with Crippen LogP contribution in [0.5, 0.6) is 0 Å². The lowest BCUT2D eigenvalue weighted by Crippen LogP contribution is -2.17. The van der Waals surface area contributed by atoms with Gasteiger partial charge in [0.15, 0.2) is 0 Å². The minimum Gasteiger partial charge on any atom is -0.462 e. The quantitative estimate of drug-likeness (QED) is 0.705. The SMILES string of the molecule is CC(C)COC(=O)C1=C(C(=O)OCC(C)C)C=CCC=C1. The minimum atomic E-state index is -0.483. The lowest BCUT2D eigenvalue weighted by Gasteiger charge is -2.11. The van der Waals surface area contributed by atoms with Crippen LogP contribution in [-0.2, 0) is 19.1 Å². The van der Waals surface area contributed by atoms with E-state index in [-0.39, 0.29) is 23.0 Å². The van der Waals surface area contributed by atoms with Crippen molar-refractivity contribution in [3.8, 4) is 0 Å². The molecule has 0 radical (unpaired) electrons. The van der Waals surface area contributed by atoms with Crippen LogP contribution in [0.3, 0.4) is 0 Å². The Balaban J connectivity index is 2.91. The molecule has 1 rings (SSSR count). The largest absolute Gasteiger partial charge is 0.462 e. The van der Waals surface area contributed by atoms with Gasteiger partial charge in [-0.25, -0.2) is 9.59 Å². The van der Waals surface area contributed by atoms with Gasteiger partial charge in [0.25, 0.3) is 0 Å². The highest BCUT2D eigenvalue weighted by Crippen LogP contribution is 2.17. The molecule has 0 spiro atoms. The topological polar surface area (TPSA) is 52.6 Å². The Hall–Kier alpha value is -1.84. The van der Waals surface area contributed by atoms with Crippen LogP contribution in [0.1, 0.15) is 34.1 Å². The van der Waals surface area contributed by atoms with Gasteiger partial charge < -0.3 is 9.47 Å². The van der Waals surface area contributed by atoms with Gasteiger partial charge in [-0.3, -0.25) is 0 Å².